The fraction of sp³-hybridized carbons (Fsp3) is 0.364. The molecule has 8 heteroatoms. The third-order valence-electron chi connectivity index (χ3n) is 3.79. The number of rotatable bonds is 2. The summed E-state index contributed by atoms with van der Waals surface area (Å²) in [4.78, 5) is 4.18. The Balaban J connectivity index is 0.000000498. The molecule has 1 aromatic carbocycles. The predicted molar refractivity (Wildman–Crippen MR) is 127 cm³/mol. The highest BCUT2D eigenvalue weighted by Crippen LogP contribution is 2.22. The van der Waals surface area contributed by atoms with Crippen molar-refractivity contribution >= 4 is 28.9 Å². The first-order valence-corrected chi connectivity index (χ1v) is 9.96. The molecule has 0 bridgehead atoms. The first kappa shape index (κ1) is 27.9. The van der Waals surface area contributed by atoms with E-state index in [4.69, 9.17) is 33.4 Å². The van der Waals surface area contributed by atoms with Crippen molar-refractivity contribution in [2.24, 2.45) is 0 Å². The molecule has 0 amide bonds. The first-order valence-electron chi connectivity index (χ1n) is 9.21. The van der Waals surface area contributed by atoms with Crippen molar-refractivity contribution in [3.8, 4) is 5.82 Å². The average molecular weight is 455 g/mol. The van der Waals surface area contributed by atoms with Crippen LogP contribution in [0.2, 0.25) is 10.0 Å². The van der Waals surface area contributed by atoms with Gasteiger partial charge < -0.3 is 15.5 Å². The number of benzene rings is 1. The largest absolute Gasteiger partial charge is 0.400 e. The van der Waals surface area contributed by atoms with Crippen LogP contribution in [0, 0.1) is 6.92 Å². The number of nitrogens with zero attached hydrogens (tertiary/aromatic N) is 3. The molecule has 0 unspecified atom stereocenters. The lowest BCUT2D eigenvalue weighted by molar-refractivity contribution is 0.399. The van der Waals surface area contributed by atoms with Crippen molar-refractivity contribution in [3.63, 3.8) is 0 Å². The Kier molecular flexibility index (Phi) is 13.0. The zero-order chi connectivity index (χ0) is 23.3. The maximum Gasteiger partial charge on any atom is 0.176 e. The second-order valence-corrected chi connectivity index (χ2v) is 7.87. The van der Waals surface area contributed by atoms with Crippen molar-refractivity contribution < 1.29 is 10.2 Å². The van der Waals surface area contributed by atoms with E-state index in [1.807, 2.05) is 0 Å². The minimum atomic E-state index is 0.285. The zero-order valence-corrected chi connectivity index (χ0v) is 20.1. The molecule has 0 atom stereocenters. The number of nitrogens with one attached hydrogen (secondary N) is 1. The third kappa shape index (κ3) is 9.13. The first-order chi connectivity index (χ1) is 14.2. The minimum Gasteiger partial charge on any atom is -0.400 e. The summed E-state index contributed by atoms with van der Waals surface area (Å²) in [6.07, 6.45) is 4.79. The van der Waals surface area contributed by atoms with Gasteiger partial charge in [-0.1, -0.05) is 73.8 Å². The van der Waals surface area contributed by atoms with Gasteiger partial charge >= 0.3 is 0 Å². The molecule has 0 aliphatic carbocycles. The van der Waals surface area contributed by atoms with Crippen LogP contribution in [0.4, 0.5) is 5.69 Å². The Morgan fingerprint density at radius 1 is 0.933 bits per heavy atom. The molecule has 3 N–H and O–H groups in total. The summed E-state index contributed by atoms with van der Waals surface area (Å²) >= 11 is 11.6. The van der Waals surface area contributed by atoms with Crippen LogP contribution in [0.3, 0.4) is 0 Å². The Bertz CT molecular complexity index is 860. The number of halogens is 2. The van der Waals surface area contributed by atoms with Crippen LogP contribution in [-0.4, -0.2) is 46.2 Å². The number of aliphatic hydroxyl groups is 2. The summed E-state index contributed by atoms with van der Waals surface area (Å²) in [6, 6.07) is 10.5. The summed E-state index contributed by atoms with van der Waals surface area (Å²) in [5, 5.41) is 22.2. The van der Waals surface area contributed by atoms with Crippen molar-refractivity contribution in [1.29, 1.82) is 0 Å². The van der Waals surface area contributed by atoms with Gasteiger partial charge in [-0.3, -0.25) is 0 Å². The summed E-state index contributed by atoms with van der Waals surface area (Å²) in [7, 11) is 3.79. The van der Waals surface area contributed by atoms with Gasteiger partial charge in [0.15, 0.2) is 5.82 Å². The molecule has 0 aliphatic rings. The van der Waals surface area contributed by atoms with E-state index in [9.17, 15) is 0 Å². The Hall–Kier alpha value is -2.12. The lowest BCUT2D eigenvalue weighted by atomic mass is 9.87. The number of aromatic nitrogens is 3. The number of hydrogen-bond acceptors (Lipinski definition) is 5. The molecule has 30 heavy (non-hydrogen) atoms. The average Bonchev–Trinajstić information content (AvgIpc) is 3.17. The van der Waals surface area contributed by atoms with Gasteiger partial charge in [-0.15, -0.1) is 0 Å². The lowest BCUT2D eigenvalue weighted by Gasteiger charge is -2.18. The van der Waals surface area contributed by atoms with Crippen LogP contribution in [-0.2, 0) is 5.41 Å². The highest BCUT2D eigenvalue weighted by Gasteiger charge is 2.12. The van der Waals surface area contributed by atoms with Crippen LogP contribution in [0.5, 0.6) is 0 Å². The Morgan fingerprint density at radius 2 is 1.50 bits per heavy atom. The van der Waals surface area contributed by atoms with E-state index >= 15 is 0 Å². The lowest BCUT2D eigenvalue weighted by Crippen LogP contribution is -2.10. The summed E-state index contributed by atoms with van der Waals surface area (Å²) in [5.74, 6) is 0.661. The zero-order valence-electron chi connectivity index (χ0n) is 18.6. The SMILES string of the molecule is CNc1cc(Cl)cnc1-n1cc(Cl)cn1.CO.CO.Cc1ccc(C(C)(C)C)cc1. The standard InChI is InChI=1S/C11H16.C9H8Cl2N4.2CH4O/c1-9-5-7-10(8-6-9)11(2,3)4;1-12-8-2-6(10)3-13-9(8)15-5-7(11)4-14-15;2*1-2/h5-8H,1-4H3;2-5,12H,1H3;2*2H,1H3. The van der Waals surface area contributed by atoms with Crippen LogP contribution in [0.1, 0.15) is 31.9 Å². The van der Waals surface area contributed by atoms with Crippen molar-refractivity contribution in [1.82, 2.24) is 14.8 Å². The maximum absolute atomic E-state index is 7.00. The summed E-state index contributed by atoms with van der Waals surface area (Å²) in [5.41, 5.74) is 3.82. The highest BCUT2D eigenvalue weighted by molar-refractivity contribution is 6.31. The molecule has 0 saturated heterocycles. The molecule has 3 aromatic rings. The number of anilines is 1. The van der Waals surface area contributed by atoms with Gasteiger partial charge in [0.25, 0.3) is 0 Å². The normalized spacial score (nSPS) is 9.83. The molecule has 3 rings (SSSR count). The highest BCUT2D eigenvalue weighted by atomic mass is 35.5. The molecule has 0 saturated carbocycles. The van der Waals surface area contributed by atoms with E-state index in [1.54, 1.807) is 36.4 Å². The quantitative estimate of drug-likeness (QED) is 0.499. The fourth-order valence-corrected chi connectivity index (χ4v) is 2.56. The molecule has 2 heterocycles. The minimum absolute atomic E-state index is 0.285. The van der Waals surface area contributed by atoms with E-state index in [1.165, 1.54) is 11.1 Å². The molecular weight excluding hydrogens is 423 g/mol. The van der Waals surface area contributed by atoms with Gasteiger partial charge in [0.2, 0.25) is 0 Å². The molecule has 0 aliphatic heterocycles. The van der Waals surface area contributed by atoms with E-state index < -0.39 is 0 Å². The Labute approximate surface area is 189 Å². The second kappa shape index (κ2) is 14.0. The van der Waals surface area contributed by atoms with Crippen LogP contribution in [0.15, 0.2) is 48.9 Å². The molecule has 6 nitrogen and oxygen atoms in total. The van der Waals surface area contributed by atoms with Gasteiger partial charge in [0.05, 0.1) is 28.1 Å². The van der Waals surface area contributed by atoms with Gasteiger partial charge in [-0.25, -0.2) is 9.67 Å². The smallest absolute Gasteiger partial charge is 0.176 e. The molecule has 0 radical (unpaired) electrons. The molecule has 0 spiro atoms. The summed E-state index contributed by atoms with van der Waals surface area (Å²) in [6.45, 7) is 8.82. The number of aliphatic hydroxyl groups excluding tert-OH is 2. The summed E-state index contributed by atoms with van der Waals surface area (Å²) < 4.78 is 1.59. The van der Waals surface area contributed by atoms with Crippen molar-refractivity contribution in [2.75, 3.05) is 26.6 Å². The molecule has 2 aromatic heterocycles. The van der Waals surface area contributed by atoms with Crippen molar-refractivity contribution in [3.05, 3.63) is 70.1 Å². The monoisotopic (exact) mass is 454 g/mol. The van der Waals surface area contributed by atoms with Crippen LogP contribution < -0.4 is 5.32 Å². The van der Waals surface area contributed by atoms with Crippen LogP contribution in [0.25, 0.3) is 5.82 Å². The van der Waals surface area contributed by atoms with Gasteiger partial charge in [-0.05, 0) is 24.0 Å². The number of aryl methyl sites for hydroxylation is 1. The number of pyridine rings is 1. The number of hydrogen-bond donors (Lipinski definition) is 3. The van der Waals surface area contributed by atoms with Crippen LogP contribution >= 0.6 is 23.2 Å². The van der Waals surface area contributed by atoms with Gasteiger partial charge in [-0.2, -0.15) is 5.10 Å². The molecule has 0 fully saturated rings. The maximum atomic E-state index is 7.00. The van der Waals surface area contributed by atoms with Gasteiger partial charge in [0.1, 0.15) is 0 Å². The third-order valence-corrected chi connectivity index (χ3v) is 4.19. The molecule has 166 valence electrons. The van der Waals surface area contributed by atoms with E-state index in [0.717, 1.165) is 19.9 Å². The second-order valence-electron chi connectivity index (χ2n) is 6.99. The fourth-order valence-electron chi connectivity index (χ4n) is 2.27. The van der Waals surface area contributed by atoms with E-state index in [0.29, 0.717) is 15.9 Å². The molecular formula is C22H32Cl2N4O2. The van der Waals surface area contributed by atoms with Gasteiger partial charge in [0, 0.05) is 27.5 Å². The van der Waals surface area contributed by atoms with E-state index in [2.05, 4.69) is 67.4 Å². The predicted octanol–water partition coefficient (Wildman–Crippen LogP) is 5.13. The Morgan fingerprint density at radius 3 is 1.93 bits per heavy atom. The van der Waals surface area contributed by atoms with Crippen molar-refractivity contribution in [2.45, 2.75) is 33.1 Å². The van der Waals surface area contributed by atoms with E-state index in [-0.39, 0.29) is 5.41 Å². The topological polar surface area (TPSA) is 83.2 Å².